The lowest BCUT2D eigenvalue weighted by molar-refractivity contribution is -0.143. The van der Waals surface area contributed by atoms with Crippen LogP contribution in [0.15, 0.2) is 41.6 Å². The molecule has 0 amide bonds. The number of esters is 1. The second-order valence-electron chi connectivity index (χ2n) is 5.31. The predicted molar refractivity (Wildman–Crippen MR) is 86.6 cm³/mol. The van der Waals surface area contributed by atoms with E-state index in [1.54, 1.807) is 4.90 Å². The van der Waals surface area contributed by atoms with Gasteiger partial charge in [-0.1, -0.05) is 30.3 Å². The van der Waals surface area contributed by atoms with Crippen LogP contribution in [-0.2, 0) is 9.53 Å². The Hall–Kier alpha value is -1.88. The lowest BCUT2D eigenvalue weighted by Crippen LogP contribution is -2.46. The summed E-state index contributed by atoms with van der Waals surface area (Å²) in [5.74, 6) is -0.307. The first-order chi connectivity index (χ1) is 9.91. The van der Waals surface area contributed by atoms with Crippen LogP contribution in [0.2, 0.25) is 0 Å². The highest BCUT2D eigenvalue weighted by molar-refractivity contribution is 7.80. The Kier molecular flexibility index (Phi) is 4.63. The van der Waals surface area contributed by atoms with Crippen LogP contribution >= 0.6 is 12.2 Å². The first-order valence-corrected chi connectivity index (χ1v) is 7.33. The van der Waals surface area contributed by atoms with Gasteiger partial charge in [0.15, 0.2) is 5.11 Å². The maximum absolute atomic E-state index is 12.5. The molecular formula is C16H20N2O2S. The van der Waals surface area contributed by atoms with Gasteiger partial charge in [-0.15, -0.1) is 0 Å². The van der Waals surface area contributed by atoms with Crippen molar-refractivity contribution in [2.75, 3.05) is 7.05 Å². The van der Waals surface area contributed by atoms with E-state index < -0.39 is 0 Å². The second kappa shape index (κ2) is 6.26. The third kappa shape index (κ3) is 3.24. The number of benzene rings is 1. The van der Waals surface area contributed by atoms with Gasteiger partial charge in [-0.05, 0) is 38.6 Å². The van der Waals surface area contributed by atoms with E-state index in [2.05, 4.69) is 5.32 Å². The van der Waals surface area contributed by atoms with E-state index in [0.29, 0.717) is 10.7 Å². The Morgan fingerprint density at radius 2 is 1.95 bits per heavy atom. The van der Waals surface area contributed by atoms with Gasteiger partial charge in [-0.2, -0.15) is 0 Å². The maximum Gasteiger partial charge on any atom is 0.338 e. The molecule has 5 heteroatoms. The summed E-state index contributed by atoms with van der Waals surface area (Å²) in [7, 11) is 1.84. The number of nitrogens with one attached hydrogen (secondary N) is 1. The number of hydrogen-bond acceptors (Lipinski definition) is 3. The van der Waals surface area contributed by atoms with Crippen LogP contribution < -0.4 is 5.32 Å². The van der Waals surface area contributed by atoms with E-state index in [1.807, 2.05) is 58.2 Å². The normalized spacial score (nSPS) is 18.8. The lowest BCUT2D eigenvalue weighted by Gasteiger charge is -2.35. The smallest absolute Gasteiger partial charge is 0.338 e. The van der Waals surface area contributed by atoms with Crippen molar-refractivity contribution in [2.24, 2.45) is 0 Å². The molecule has 1 atom stereocenters. The van der Waals surface area contributed by atoms with E-state index in [9.17, 15) is 4.79 Å². The Bertz CT molecular complexity index is 581. The fraction of sp³-hybridized carbons (Fsp3) is 0.375. The molecule has 1 aromatic carbocycles. The number of thiocarbonyl (C=S) groups is 1. The van der Waals surface area contributed by atoms with Gasteiger partial charge in [0, 0.05) is 12.7 Å². The summed E-state index contributed by atoms with van der Waals surface area (Å²) < 4.78 is 5.39. The minimum absolute atomic E-state index is 0.159. The Morgan fingerprint density at radius 3 is 2.52 bits per heavy atom. The van der Waals surface area contributed by atoms with E-state index in [0.717, 1.165) is 11.3 Å². The van der Waals surface area contributed by atoms with Gasteiger partial charge in [0.25, 0.3) is 0 Å². The first-order valence-electron chi connectivity index (χ1n) is 6.92. The average Bonchev–Trinajstić information content (AvgIpc) is 2.44. The molecular weight excluding hydrogens is 284 g/mol. The summed E-state index contributed by atoms with van der Waals surface area (Å²) in [6.07, 6.45) is -0.159. The second-order valence-corrected chi connectivity index (χ2v) is 5.69. The molecule has 1 N–H and O–H groups in total. The molecule has 0 unspecified atom stereocenters. The summed E-state index contributed by atoms with van der Waals surface area (Å²) in [5.41, 5.74) is 2.41. The number of allylic oxidation sites excluding steroid dienone is 1. The van der Waals surface area contributed by atoms with Crippen molar-refractivity contribution < 1.29 is 9.53 Å². The topological polar surface area (TPSA) is 41.6 Å². The molecule has 1 aliphatic heterocycles. The van der Waals surface area contributed by atoms with Gasteiger partial charge in [0.1, 0.15) is 0 Å². The van der Waals surface area contributed by atoms with Crippen LogP contribution in [0, 0.1) is 0 Å². The SMILES string of the molecule is CC1=C(C(=O)OC(C)C)[C@H](c2ccccc2)NC(=S)N1C. The van der Waals surface area contributed by atoms with Gasteiger partial charge in [-0.25, -0.2) is 4.79 Å². The van der Waals surface area contributed by atoms with Gasteiger partial charge in [-0.3, -0.25) is 0 Å². The van der Waals surface area contributed by atoms with Crippen LogP contribution in [0.1, 0.15) is 32.4 Å². The monoisotopic (exact) mass is 304 g/mol. The molecule has 0 saturated heterocycles. The molecule has 0 aliphatic carbocycles. The summed E-state index contributed by atoms with van der Waals surface area (Å²) in [4.78, 5) is 14.3. The standard InChI is InChI=1S/C16H20N2O2S/c1-10(2)20-15(19)13-11(3)18(4)16(21)17-14(13)12-8-6-5-7-9-12/h5-10,14H,1-4H3,(H,17,21)/t14-/m0/s1. The summed E-state index contributed by atoms with van der Waals surface area (Å²) in [5, 5.41) is 3.82. The highest BCUT2D eigenvalue weighted by atomic mass is 32.1. The Morgan fingerprint density at radius 1 is 1.33 bits per heavy atom. The van der Waals surface area contributed by atoms with Crippen molar-refractivity contribution >= 4 is 23.3 Å². The quantitative estimate of drug-likeness (QED) is 0.687. The zero-order valence-electron chi connectivity index (χ0n) is 12.7. The molecule has 1 aliphatic rings. The summed E-state index contributed by atoms with van der Waals surface area (Å²) in [6, 6.07) is 9.50. The van der Waals surface area contributed by atoms with Crippen molar-refractivity contribution in [3.8, 4) is 0 Å². The fourth-order valence-electron chi connectivity index (χ4n) is 2.27. The first kappa shape index (κ1) is 15.5. The van der Waals surface area contributed by atoms with Crippen molar-refractivity contribution in [2.45, 2.75) is 32.9 Å². The number of hydrogen-bond donors (Lipinski definition) is 1. The Labute approximate surface area is 130 Å². The van der Waals surface area contributed by atoms with Gasteiger partial charge in [0.2, 0.25) is 0 Å². The summed E-state index contributed by atoms with van der Waals surface area (Å²) in [6.45, 7) is 5.58. The molecule has 0 fully saturated rings. The minimum Gasteiger partial charge on any atom is -0.459 e. The van der Waals surface area contributed by atoms with E-state index >= 15 is 0 Å². The van der Waals surface area contributed by atoms with Gasteiger partial charge >= 0.3 is 5.97 Å². The zero-order valence-corrected chi connectivity index (χ0v) is 13.5. The van der Waals surface area contributed by atoms with E-state index in [-0.39, 0.29) is 18.1 Å². The molecule has 0 bridgehead atoms. The molecule has 2 rings (SSSR count). The number of ether oxygens (including phenoxy) is 1. The highest BCUT2D eigenvalue weighted by Gasteiger charge is 2.33. The number of nitrogens with zero attached hydrogens (tertiary/aromatic N) is 1. The number of carbonyl (C=O) groups excluding carboxylic acids is 1. The third-order valence-electron chi connectivity index (χ3n) is 3.45. The molecule has 0 radical (unpaired) electrons. The number of rotatable bonds is 3. The third-order valence-corrected chi connectivity index (χ3v) is 3.84. The zero-order chi connectivity index (χ0) is 15.6. The largest absolute Gasteiger partial charge is 0.459 e. The fourth-order valence-corrected chi connectivity index (χ4v) is 2.53. The minimum atomic E-state index is -0.307. The van der Waals surface area contributed by atoms with Gasteiger partial charge in [0.05, 0.1) is 17.7 Å². The Balaban J connectivity index is 2.46. The van der Waals surface area contributed by atoms with Crippen molar-refractivity contribution in [3.63, 3.8) is 0 Å². The van der Waals surface area contributed by atoms with Crippen LogP contribution in [-0.4, -0.2) is 29.1 Å². The number of carbonyl (C=O) groups is 1. The predicted octanol–water partition coefficient (Wildman–Crippen LogP) is 2.77. The van der Waals surface area contributed by atoms with Crippen molar-refractivity contribution in [1.29, 1.82) is 0 Å². The maximum atomic E-state index is 12.5. The van der Waals surface area contributed by atoms with Gasteiger partial charge < -0.3 is 15.0 Å². The molecule has 0 saturated carbocycles. The molecule has 1 heterocycles. The van der Waals surface area contributed by atoms with Crippen molar-refractivity contribution in [1.82, 2.24) is 10.2 Å². The molecule has 0 aromatic heterocycles. The molecule has 4 nitrogen and oxygen atoms in total. The molecule has 0 spiro atoms. The molecule has 1 aromatic rings. The van der Waals surface area contributed by atoms with Crippen LogP contribution in [0.4, 0.5) is 0 Å². The van der Waals surface area contributed by atoms with Crippen LogP contribution in [0.25, 0.3) is 0 Å². The highest BCUT2D eigenvalue weighted by Crippen LogP contribution is 2.30. The van der Waals surface area contributed by atoms with Crippen molar-refractivity contribution in [3.05, 3.63) is 47.2 Å². The average molecular weight is 304 g/mol. The van der Waals surface area contributed by atoms with Crippen LogP contribution in [0.5, 0.6) is 0 Å². The van der Waals surface area contributed by atoms with E-state index in [1.165, 1.54) is 0 Å². The molecule has 112 valence electrons. The van der Waals surface area contributed by atoms with Crippen LogP contribution in [0.3, 0.4) is 0 Å². The lowest BCUT2D eigenvalue weighted by atomic mass is 9.95. The van der Waals surface area contributed by atoms with E-state index in [4.69, 9.17) is 17.0 Å². The summed E-state index contributed by atoms with van der Waals surface area (Å²) >= 11 is 5.34. The molecule has 21 heavy (non-hydrogen) atoms.